The Hall–Kier alpha value is -3.52. The quantitative estimate of drug-likeness (QED) is 0.396. The summed E-state index contributed by atoms with van der Waals surface area (Å²) >= 11 is 1.32. The number of nitro benzene ring substituents is 1. The SMILES string of the molecule is O=C(/C=C/c1ccccc1[N+](=O)[O-])Nc1nc(-c2ccc3c(c2)CCO3)cs1. The van der Waals surface area contributed by atoms with E-state index in [-0.39, 0.29) is 5.69 Å². The van der Waals surface area contributed by atoms with Crippen molar-refractivity contribution in [1.29, 1.82) is 0 Å². The van der Waals surface area contributed by atoms with Gasteiger partial charge >= 0.3 is 0 Å². The number of ether oxygens (including phenoxy) is 1. The highest BCUT2D eigenvalue weighted by Crippen LogP contribution is 2.32. The molecule has 2 aromatic carbocycles. The highest BCUT2D eigenvalue weighted by molar-refractivity contribution is 7.14. The fourth-order valence-electron chi connectivity index (χ4n) is 2.92. The predicted molar refractivity (Wildman–Crippen MR) is 108 cm³/mol. The smallest absolute Gasteiger partial charge is 0.276 e. The van der Waals surface area contributed by atoms with Gasteiger partial charge in [0.2, 0.25) is 5.91 Å². The summed E-state index contributed by atoms with van der Waals surface area (Å²) in [5, 5.41) is 16.0. The van der Waals surface area contributed by atoms with Crippen LogP contribution in [0.2, 0.25) is 0 Å². The number of nitrogens with zero attached hydrogens (tertiary/aromatic N) is 2. The summed E-state index contributed by atoms with van der Waals surface area (Å²) in [7, 11) is 0. The number of amides is 1. The van der Waals surface area contributed by atoms with Crippen molar-refractivity contribution in [2.45, 2.75) is 6.42 Å². The van der Waals surface area contributed by atoms with Crippen LogP contribution in [-0.4, -0.2) is 22.4 Å². The summed E-state index contributed by atoms with van der Waals surface area (Å²) in [5.41, 5.74) is 3.21. The Morgan fingerprint density at radius 1 is 1.29 bits per heavy atom. The molecule has 0 radical (unpaired) electrons. The number of rotatable bonds is 5. The van der Waals surface area contributed by atoms with Crippen LogP contribution in [0.25, 0.3) is 17.3 Å². The van der Waals surface area contributed by atoms with Crippen LogP contribution in [0.1, 0.15) is 11.1 Å². The van der Waals surface area contributed by atoms with Crippen molar-refractivity contribution in [2.75, 3.05) is 11.9 Å². The van der Waals surface area contributed by atoms with E-state index in [1.165, 1.54) is 29.6 Å². The topological polar surface area (TPSA) is 94.4 Å². The third-order valence-electron chi connectivity index (χ3n) is 4.27. The van der Waals surface area contributed by atoms with Crippen LogP contribution in [-0.2, 0) is 11.2 Å². The normalized spacial score (nSPS) is 12.6. The first-order valence-electron chi connectivity index (χ1n) is 8.54. The summed E-state index contributed by atoms with van der Waals surface area (Å²) in [6, 6.07) is 12.2. The molecule has 1 amide bonds. The summed E-state index contributed by atoms with van der Waals surface area (Å²) in [4.78, 5) is 27.1. The summed E-state index contributed by atoms with van der Waals surface area (Å²) < 4.78 is 5.51. The Morgan fingerprint density at radius 2 is 2.14 bits per heavy atom. The zero-order chi connectivity index (χ0) is 19.5. The largest absolute Gasteiger partial charge is 0.493 e. The molecule has 3 aromatic rings. The fourth-order valence-corrected chi connectivity index (χ4v) is 3.64. The van der Waals surface area contributed by atoms with Gasteiger partial charge in [-0.15, -0.1) is 11.3 Å². The molecule has 1 N–H and O–H groups in total. The molecule has 28 heavy (non-hydrogen) atoms. The molecule has 0 aliphatic carbocycles. The van der Waals surface area contributed by atoms with Gasteiger partial charge in [0.15, 0.2) is 5.13 Å². The van der Waals surface area contributed by atoms with E-state index in [0.29, 0.717) is 17.3 Å². The van der Waals surface area contributed by atoms with Gasteiger partial charge in [0.25, 0.3) is 5.69 Å². The van der Waals surface area contributed by atoms with Gasteiger partial charge in [0.1, 0.15) is 5.75 Å². The van der Waals surface area contributed by atoms with Crippen LogP contribution >= 0.6 is 11.3 Å². The van der Waals surface area contributed by atoms with Crippen molar-refractivity contribution in [3.8, 4) is 17.0 Å². The van der Waals surface area contributed by atoms with Crippen molar-refractivity contribution >= 4 is 34.1 Å². The lowest BCUT2D eigenvalue weighted by Gasteiger charge is -2.01. The van der Waals surface area contributed by atoms with Crippen LogP contribution in [0, 0.1) is 10.1 Å². The van der Waals surface area contributed by atoms with Gasteiger partial charge in [-0.2, -0.15) is 0 Å². The van der Waals surface area contributed by atoms with Crippen molar-refractivity contribution in [2.24, 2.45) is 0 Å². The summed E-state index contributed by atoms with van der Waals surface area (Å²) in [6.45, 7) is 0.697. The third kappa shape index (κ3) is 3.77. The van der Waals surface area contributed by atoms with Crippen LogP contribution < -0.4 is 10.1 Å². The van der Waals surface area contributed by atoms with E-state index >= 15 is 0 Å². The van der Waals surface area contributed by atoms with Crippen molar-refractivity contribution in [1.82, 2.24) is 4.98 Å². The molecule has 2 heterocycles. The molecule has 1 aliphatic heterocycles. The molecule has 0 saturated carbocycles. The second-order valence-corrected chi connectivity index (χ2v) is 6.96. The van der Waals surface area contributed by atoms with Crippen LogP contribution in [0.15, 0.2) is 53.9 Å². The van der Waals surface area contributed by atoms with Crippen molar-refractivity contribution in [3.63, 3.8) is 0 Å². The number of carbonyl (C=O) groups excluding carboxylic acids is 1. The minimum Gasteiger partial charge on any atom is -0.493 e. The number of anilines is 1. The summed E-state index contributed by atoms with van der Waals surface area (Å²) in [6.07, 6.45) is 3.56. The Kier molecular flexibility index (Phi) is 4.86. The minimum absolute atomic E-state index is 0.0522. The average Bonchev–Trinajstić information content (AvgIpc) is 3.35. The third-order valence-corrected chi connectivity index (χ3v) is 5.02. The van der Waals surface area contributed by atoms with Crippen LogP contribution in [0.3, 0.4) is 0 Å². The van der Waals surface area contributed by atoms with E-state index in [0.717, 1.165) is 29.0 Å². The van der Waals surface area contributed by atoms with Gasteiger partial charge in [-0.25, -0.2) is 4.98 Å². The van der Waals surface area contributed by atoms with E-state index < -0.39 is 10.8 Å². The van der Waals surface area contributed by atoms with Gasteiger partial charge in [0, 0.05) is 29.5 Å². The van der Waals surface area contributed by atoms with E-state index in [9.17, 15) is 14.9 Å². The number of fused-ring (bicyclic) bond motifs is 1. The van der Waals surface area contributed by atoms with Gasteiger partial charge in [-0.3, -0.25) is 20.2 Å². The highest BCUT2D eigenvalue weighted by atomic mass is 32.1. The molecule has 0 bridgehead atoms. The molecule has 7 nitrogen and oxygen atoms in total. The number of nitro groups is 1. The molecule has 0 spiro atoms. The lowest BCUT2D eigenvalue weighted by atomic mass is 10.1. The molecule has 1 aromatic heterocycles. The first kappa shape index (κ1) is 17.9. The number of aromatic nitrogens is 1. The lowest BCUT2D eigenvalue weighted by molar-refractivity contribution is -0.385. The van der Waals surface area contributed by atoms with Gasteiger partial charge in [-0.05, 0) is 35.9 Å². The summed E-state index contributed by atoms with van der Waals surface area (Å²) in [5.74, 6) is 0.508. The predicted octanol–water partition coefficient (Wildman–Crippen LogP) is 4.31. The number of benzene rings is 2. The first-order chi connectivity index (χ1) is 13.6. The fraction of sp³-hybridized carbons (Fsp3) is 0.100. The van der Waals surface area contributed by atoms with Gasteiger partial charge in [-0.1, -0.05) is 12.1 Å². The number of carbonyl (C=O) groups is 1. The van der Waals surface area contributed by atoms with E-state index in [1.807, 2.05) is 17.5 Å². The standard InChI is InChI=1S/C20H15N3O4S/c24-19(8-6-13-3-1-2-4-17(13)23(25)26)22-20-21-16(12-28-20)14-5-7-18-15(11-14)9-10-27-18/h1-8,11-12H,9-10H2,(H,21,22,24)/b8-6+. The molecular weight excluding hydrogens is 378 g/mol. The molecule has 0 atom stereocenters. The second kappa shape index (κ2) is 7.61. The Bertz CT molecular complexity index is 1090. The zero-order valence-electron chi connectivity index (χ0n) is 14.6. The molecule has 8 heteroatoms. The monoisotopic (exact) mass is 393 g/mol. The number of para-hydroxylation sites is 1. The molecule has 0 unspecified atom stereocenters. The molecule has 0 saturated heterocycles. The molecule has 1 aliphatic rings. The Morgan fingerprint density at radius 3 is 3.00 bits per heavy atom. The number of hydrogen-bond acceptors (Lipinski definition) is 6. The molecular formula is C20H15N3O4S. The second-order valence-electron chi connectivity index (χ2n) is 6.10. The maximum atomic E-state index is 12.1. The van der Waals surface area contributed by atoms with E-state index in [1.54, 1.807) is 18.2 Å². The first-order valence-corrected chi connectivity index (χ1v) is 9.42. The molecule has 0 fully saturated rings. The average molecular weight is 393 g/mol. The van der Waals surface area contributed by atoms with Crippen LogP contribution in [0.4, 0.5) is 10.8 Å². The van der Waals surface area contributed by atoms with Crippen molar-refractivity contribution in [3.05, 3.63) is 75.2 Å². The maximum Gasteiger partial charge on any atom is 0.276 e. The van der Waals surface area contributed by atoms with Gasteiger partial charge < -0.3 is 4.74 Å². The number of nitrogens with one attached hydrogen (secondary N) is 1. The Balaban J connectivity index is 1.45. The molecule has 4 rings (SSSR count). The highest BCUT2D eigenvalue weighted by Gasteiger charge is 2.14. The molecule has 140 valence electrons. The Labute approximate surface area is 164 Å². The minimum atomic E-state index is -0.480. The van der Waals surface area contributed by atoms with E-state index in [2.05, 4.69) is 16.4 Å². The van der Waals surface area contributed by atoms with Crippen LogP contribution in [0.5, 0.6) is 5.75 Å². The lowest BCUT2D eigenvalue weighted by Crippen LogP contribution is -2.07. The maximum absolute atomic E-state index is 12.1. The van der Waals surface area contributed by atoms with Gasteiger partial charge in [0.05, 0.1) is 22.8 Å². The van der Waals surface area contributed by atoms with E-state index in [4.69, 9.17) is 4.74 Å². The van der Waals surface area contributed by atoms with Crippen molar-refractivity contribution < 1.29 is 14.5 Å². The number of hydrogen-bond donors (Lipinski definition) is 1. The number of thiazole rings is 1. The zero-order valence-corrected chi connectivity index (χ0v) is 15.4.